The Balaban J connectivity index is 0.000000338. The number of benzene rings is 2. The molecule has 0 saturated heterocycles. The summed E-state index contributed by atoms with van der Waals surface area (Å²) in [5, 5.41) is 16.6. The molecular weight excluding hydrogens is 679 g/mol. The molecule has 11 heteroatoms. The Morgan fingerprint density at radius 2 is 1.08 bits per heavy atom. The van der Waals surface area contributed by atoms with Gasteiger partial charge in [0.1, 0.15) is 4.47 Å². The quantitative estimate of drug-likeness (QED) is 0.304. The second-order valence-electron chi connectivity index (χ2n) is 7.62. The van der Waals surface area contributed by atoms with Crippen LogP contribution in [0.1, 0.15) is 42.6 Å². The first kappa shape index (κ1) is 33.6. The topological polar surface area (TPSA) is 92.8 Å². The summed E-state index contributed by atoms with van der Waals surface area (Å²) in [5.41, 5.74) is 2.73. The van der Waals surface area contributed by atoms with E-state index in [4.69, 9.17) is 5.11 Å². The molecule has 2 aromatic heterocycles. The van der Waals surface area contributed by atoms with Crippen molar-refractivity contribution in [2.24, 2.45) is 0 Å². The first-order chi connectivity index (χ1) is 17.2. The molecule has 0 aliphatic rings. The van der Waals surface area contributed by atoms with Crippen molar-refractivity contribution >= 4 is 47.8 Å². The third-order valence-corrected chi connectivity index (χ3v) is 8.18. The Labute approximate surface area is 263 Å². The van der Waals surface area contributed by atoms with Gasteiger partial charge in [-0.2, -0.15) is 17.3 Å². The Hall–Kier alpha value is -1.40. The SMILES string of the molecule is CC(c1ccccc1)n1ncc(Br)c(Br)c1=O.C[O-].Cc1cnn(C(C)c2ccccc2)c(=O)c1Br.[Na+]. The van der Waals surface area contributed by atoms with Gasteiger partial charge in [-0.25, -0.2) is 9.36 Å². The average Bonchev–Trinajstić information content (AvgIpc) is 2.92. The second-order valence-corrected chi connectivity index (χ2v) is 10.1. The van der Waals surface area contributed by atoms with Gasteiger partial charge in [-0.15, -0.1) is 0 Å². The maximum absolute atomic E-state index is 12.1. The Kier molecular flexibility index (Phi) is 15.0. The van der Waals surface area contributed by atoms with Crippen molar-refractivity contribution < 1.29 is 34.7 Å². The fraction of sp³-hybridized carbons (Fsp3) is 0.231. The van der Waals surface area contributed by atoms with Crippen molar-refractivity contribution in [1.82, 2.24) is 19.6 Å². The molecule has 2 atom stereocenters. The summed E-state index contributed by atoms with van der Waals surface area (Å²) in [6, 6.07) is 19.5. The van der Waals surface area contributed by atoms with Crippen molar-refractivity contribution in [3.05, 3.63) is 124 Å². The van der Waals surface area contributed by atoms with Gasteiger partial charge in [0, 0.05) is 0 Å². The maximum Gasteiger partial charge on any atom is 1.00 e. The van der Waals surface area contributed by atoms with E-state index in [1.807, 2.05) is 81.4 Å². The van der Waals surface area contributed by atoms with Crippen LogP contribution in [0.5, 0.6) is 0 Å². The summed E-state index contributed by atoms with van der Waals surface area (Å²) in [5.74, 6) is 0. The number of aromatic nitrogens is 4. The third-order valence-electron chi connectivity index (χ3n) is 5.32. The van der Waals surface area contributed by atoms with E-state index in [9.17, 15) is 9.59 Å². The van der Waals surface area contributed by atoms with Crippen LogP contribution in [0.2, 0.25) is 0 Å². The van der Waals surface area contributed by atoms with Crippen molar-refractivity contribution in [2.45, 2.75) is 32.9 Å². The molecule has 0 bridgehead atoms. The van der Waals surface area contributed by atoms with Crippen molar-refractivity contribution in [3.8, 4) is 0 Å². The van der Waals surface area contributed by atoms with Crippen molar-refractivity contribution in [2.75, 3.05) is 7.11 Å². The summed E-state index contributed by atoms with van der Waals surface area (Å²) < 4.78 is 4.70. The van der Waals surface area contributed by atoms with E-state index < -0.39 is 0 Å². The molecule has 2 heterocycles. The van der Waals surface area contributed by atoms with Crippen LogP contribution in [-0.2, 0) is 0 Å². The Morgan fingerprint density at radius 1 is 0.703 bits per heavy atom. The van der Waals surface area contributed by atoms with E-state index in [1.54, 1.807) is 12.4 Å². The fourth-order valence-electron chi connectivity index (χ4n) is 3.25. The molecule has 4 aromatic rings. The van der Waals surface area contributed by atoms with E-state index in [2.05, 4.69) is 58.0 Å². The molecule has 0 aliphatic heterocycles. The minimum absolute atomic E-state index is 0. The molecule has 4 rings (SSSR count). The van der Waals surface area contributed by atoms with Gasteiger partial charge in [0.15, 0.2) is 0 Å². The van der Waals surface area contributed by atoms with Crippen molar-refractivity contribution in [1.29, 1.82) is 0 Å². The number of hydrogen-bond acceptors (Lipinski definition) is 5. The molecule has 7 nitrogen and oxygen atoms in total. The Bertz CT molecular complexity index is 1280. The molecule has 0 saturated carbocycles. The molecule has 0 N–H and O–H groups in total. The third kappa shape index (κ3) is 8.81. The van der Waals surface area contributed by atoms with Crippen LogP contribution < -0.4 is 45.8 Å². The minimum atomic E-state index is -0.143. The zero-order valence-electron chi connectivity index (χ0n) is 21.2. The van der Waals surface area contributed by atoms with Gasteiger partial charge in [-0.05, 0) is 85.3 Å². The van der Waals surface area contributed by atoms with E-state index in [0.717, 1.165) is 23.8 Å². The number of rotatable bonds is 4. The van der Waals surface area contributed by atoms with Crippen LogP contribution in [0.4, 0.5) is 0 Å². The van der Waals surface area contributed by atoms with Crippen LogP contribution in [0.15, 0.2) is 96.1 Å². The van der Waals surface area contributed by atoms with E-state index in [-0.39, 0.29) is 52.8 Å². The summed E-state index contributed by atoms with van der Waals surface area (Å²) in [6.45, 7) is 5.77. The summed E-state index contributed by atoms with van der Waals surface area (Å²) in [6.07, 6.45) is 3.32. The molecule has 0 amide bonds. The number of hydrogen-bond donors (Lipinski definition) is 0. The van der Waals surface area contributed by atoms with Gasteiger partial charge in [-0.1, -0.05) is 60.7 Å². The van der Waals surface area contributed by atoms with Crippen LogP contribution in [0.25, 0.3) is 0 Å². The Morgan fingerprint density at radius 3 is 1.51 bits per heavy atom. The van der Waals surface area contributed by atoms with E-state index in [0.29, 0.717) is 13.4 Å². The minimum Gasteiger partial charge on any atom is -0.857 e. The van der Waals surface area contributed by atoms with E-state index >= 15 is 0 Å². The largest absolute Gasteiger partial charge is 1.00 e. The molecular formula is C26H26Br3N4NaO3. The van der Waals surface area contributed by atoms with Crippen LogP contribution >= 0.6 is 47.8 Å². The standard InChI is InChI=1S/C13H13BrN2O.C12H10Br2N2O.CH3O.Na/c1-9-8-15-16(13(17)12(9)14)10(2)11-6-4-3-5-7-11;1-8(9-5-3-2-4-6-9)16-12(17)11(14)10(13)7-15-16;1-2;/h3-8,10H,1-2H3;2-8H,1H3;1H3;/q;;-1;+1. The zero-order valence-corrected chi connectivity index (χ0v) is 28.0. The van der Waals surface area contributed by atoms with Crippen LogP contribution in [0, 0.1) is 6.92 Å². The predicted octanol–water partition coefficient (Wildman–Crippen LogP) is 2.28. The molecule has 0 spiro atoms. The normalized spacial score (nSPS) is 11.6. The zero-order chi connectivity index (χ0) is 26.8. The van der Waals surface area contributed by atoms with Gasteiger partial charge in [0.25, 0.3) is 11.1 Å². The summed E-state index contributed by atoms with van der Waals surface area (Å²) in [7, 11) is 0.750. The maximum atomic E-state index is 12.1. The monoisotopic (exact) mass is 702 g/mol. The molecule has 190 valence electrons. The van der Waals surface area contributed by atoms with Gasteiger partial charge >= 0.3 is 29.6 Å². The number of nitrogens with zero attached hydrogens (tertiary/aromatic N) is 4. The van der Waals surface area contributed by atoms with E-state index in [1.165, 1.54) is 9.36 Å². The molecule has 2 unspecified atom stereocenters. The molecule has 2 aromatic carbocycles. The first-order valence-corrected chi connectivity index (χ1v) is 13.3. The van der Waals surface area contributed by atoms with Gasteiger partial charge < -0.3 is 5.11 Å². The molecule has 0 aliphatic carbocycles. The fourth-order valence-corrected chi connectivity index (χ4v) is 4.08. The van der Waals surface area contributed by atoms with Gasteiger partial charge in [-0.3, -0.25) is 9.59 Å². The smallest absolute Gasteiger partial charge is 0.857 e. The van der Waals surface area contributed by atoms with Gasteiger partial charge in [0.05, 0.1) is 33.4 Å². The van der Waals surface area contributed by atoms with Gasteiger partial charge in [0.2, 0.25) is 0 Å². The predicted molar refractivity (Wildman–Crippen MR) is 151 cm³/mol. The molecule has 37 heavy (non-hydrogen) atoms. The summed E-state index contributed by atoms with van der Waals surface area (Å²) in [4.78, 5) is 24.1. The second kappa shape index (κ2) is 16.5. The summed E-state index contributed by atoms with van der Waals surface area (Å²) >= 11 is 9.81. The number of halogens is 3. The van der Waals surface area contributed by atoms with Crippen molar-refractivity contribution in [3.63, 3.8) is 0 Å². The van der Waals surface area contributed by atoms with Crippen LogP contribution in [-0.4, -0.2) is 26.7 Å². The average molecular weight is 705 g/mol. The number of aryl methyl sites for hydroxylation is 1. The molecule has 0 fully saturated rings. The first-order valence-electron chi connectivity index (χ1n) is 10.9. The molecule has 0 radical (unpaired) electrons. The van der Waals surface area contributed by atoms with Crippen LogP contribution in [0.3, 0.4) is 0 Å².